The van der Waals surface area contributed by atoms with Crippen molar-refractivity contribution >= 4 is 101 Å². The Bertz CT molecular complexity index is 3180. The number of rotatable bonds is 7. The van der Waals surface area contributed by atoms with Crippen molar-refractivity contribution < 1.29 is 50.6 Å². The molecule has 0 atom stereocenters. The molecule has 4 aromatic carbocycles. The highest BCUT2D eigenvalue weighted by atomic mass is 32.1. The average Bonchev–Trinajstić information content (AvgIpc) is 3.82. The molecule has 0 aliphatic carbocycles. The van der Waals surface area contributed by atoms with Crippen LogP contribution < -0.4 is 33.2 Å². The maximum atomic E-state index is 12.9. The standard InChI is InChI=1S/C22H16F3N5O2S.C15H13F3N2O.C7H5N3O2S/c1-11-5-6-14(29-19(31)12-3-2-4-13(9-12)22(23,24)25)10-15(11)30-20(32)18-16(26)17-21(33-18)28-8-7-27-17;1-9-5-6-12(8-13(9)19)20-14(21)10-3-2-4-11(7-10)15(16,17)18;8-3-4-6(10-2-1-9-4)13-5(3)7(11)12/h2-10H,26H2,1H3,(H,29,31)(H,30,32);2-8H,19H2,1H3,(H,20,21);1-2H,8H2,(H,11,12). The summed E-state index contributed by atoms with van der Waals surface area (Å²) in [6.45, 7) is 3.57. The number of carbonyl (C=O) groups excluding carboxylic acids is 3. The summed E-state index contributed by atoms with van der Waals surface area (Å²) >= 11 is 2.13. The molecule has 23 heteroatoms. The van der Waals surface area contributed by atoms with Crippen LogP contribution in [0, 0.1) is 13.8 Å². The van der Waals surface area contributed by atoms with Crippen molar-refractivity contribution in [2.45, 2.75) is 26.2 Å². The van der Waals surface area contributed by atoms with E-state index in [0.717, 1.165) is 58.6 Å². The summed E-state index contributed by atoms with van der Waals surface area (Å²) in [4.78, 5) is 65.5. The van der Waals surface area contributed by atoms with Gasteiger partial charge in [-0.1, -0.05) is 24.3 Å². The number of halogens is 6. The molecule has 0 fully saturated rings. The normalized spacial score (nSPS) is 11.2. The Morgan fingerprint density at radius 2 is 1.00 bits per heavy atom. The number of thiophene rings is 2. The highest BCUT2D eigenvalue weighted by molar-refractivity contribution is 7.21. The van der Waals surface area contributed by atoms with Gasteiger partial charge in [-0.15, -0.1) is 22.7 Å². The van der Waals surface area contributed by atoms with Gasteiger partial charge in [0.15, 0.2) is 0 Å². The summed E-state index contributed by atoms with van der Waals surface area (Å²) in [7, 11) is 0. The van der Waals surface area contributed by atoms with Crippen LogP contribution in [0.15, 0.2) is 110 Å². The van der Waals surface area contributed by atoms with Gasteiger partial charge in [0.25, 0.3) is 17.7 Å². The molecule has 0 unspecified atom stereocenters. The van der Waals surface area contributed by atoms with Gasteiger partial charge in [0.2, 0.25) is 0 Å². The van der Waals surface area contributed by atoms with Gasteiger partial charge in [-0.2, -0.15) is 26.3 Å². The Labute approximate surface area is 382 Å². The number of aromatic nitrogens is 4. The first-order chi connectivity index (χ1) is 31.6. The smallest absolute Gasteiger partial charge is 0.416 e. The van der Waals surface area contributed by atoms with E-state index in [-0.39, 0.29) is 32.3 Å². The van der Waals surface area contributed by atoms with Gasteiger partial charge < -0.3 is 38.3 Å². The van der Waals surface area contributed by atoms with Crippen LogP contribution in [0.1, 0.15) is 62.3 Å². The van der Waals surface area contributed by atoms with Crippen molar-refractivity contribution in [1.82, 2.24) is 19.9 Å². The molecule has 0 saturated heterocycles. The first-order valence-corrected chi connectivity index (χ1v) is 20.7. The Kier molecular flexibility index (Phi) is 14.3. The molecule has 10 N–H and O–H groups in total. The Morgan fingerprint density at radius 1 is 0.552 bits per heavy atom. The van der Waals surface area contributed by atoms with E-state index in [0.29, 0.717) is 49.0 Å². The van der Waals surface area contributed by atoms with Crippen LogP contribution in [0.25, 0.3) is 20.7 Å². The summed E-state index contributed by atoms with van der Waals surface area (Å²) in [5, 5.41) is 16.6. The number of hydrogen-bond donors (Lipinski definition) is 7. The molecular weight excluding hydrogens is 927 g/mol. The number of carboxylic acid groups (broad SMARTS) is 1. The number of nitrogens with zero attached hydrogens (tertiary/aromatic N) is 4. The zero-order valence-electron chi connectivity index (χ0n) is 34.6. The van der Waals surface area contributed by atoms with Crippen LogP contribution in [-0.4, -0.2) is 48.7 Å². The number of benzene rings is 4. The molecule has 3 amide bonds. The van der Waals surface area contributed by atoms with Crippen LogP contribution in [0.5, 0.6) is 0 Å². The second-order valence-electron chi connectivity index (χ2n) is 14.0. The SMILES string of the molecule is Cc1ccc(NC(=O)c2cccc(C(F)(F)F)c2)cc1N.Cc1ccc(NC(=O)c2cccc(C(F)(F)F)c2)cc1NC(=O)c1sc2nccnc2c1N.Nc1c(C(=O)O)sc2nccnc12. The lowest BCUT2D eigenvalue weighted by Crippen LogP contribution is -2.15. The first-order valence-electron chi connectivity index (χ1n) is 19.1. The number of hydrogen-bond acceptors (Lipinski definition) is 13. The molecule has 8 rings (SSSR count). The fourth-order valence-corrected chi connectivity index (χ4v) is 7.60. The van der Waals surface area contributed by atoms with E-state index in [2.05, 4.69) is 35.9 Å². The third kappa shape index (κ3) is 11.8. The number of carboxylic acids is 1. The fraction of sp³-hybridized carbons (Fsp3) is 0.0909. The van der Waals surface area contributed by atoms with E-state index in [1.807, 2.05) is 6.92 Å². The largest absolute Gasteiger partial charge is 0.477 e. The number of nitrogen functional groups attached to an aromatic ring is 3. The van der Waals surface area contributed by atoms with Gasteiger partial charge in [-0.3, -0.25) is 14.4 Å². The van der Waals surface area contributed by atoms with Crippen LogP contribution >= 0.6 is 22.7 Å². The number of fused-ring (bicyclic) bond motifs is 2. The first kappa shape index (κ1) is 48.3. The average molecular weight is 961 g/mol. The second kappa shape index (κ2) is 19.9. The zero-order chi connectivity index (χ0) is 48.8. The van der Waals surface area contributed by atoms with Crippen molar-refractivity contribution in [2.75, 3.05) is 33.2 Å². The van der Waals surface area contributed by atoms with Crippen LogP contribution in [0.3, 0.4) is 0 Å². The van der Waals surface area contributed by atoms with Crippen molar-refractivity contribution in [3.8, 4) is 0 Å². The van der Waals surface area contributed by atoms with E-state index >= 15 is 0 Å². The van der Waals surface area contributed by atoms with E-state index in [4.69, 9.17) is 22.3 Å². The fourth-order valence-electron chi connectivity index (χ4n) is 5.83. The Hall–Kier alpha value is -8.18. The minimum atomic E-state index is -4.56. The van der Waals surface area contributed by atoms with Gasteiger partial charge in [0, 0.05) is 58.7 Å². The summed E-state index contributed by atoms with van der Waals surface area (Å²) < 4.78 is 76.6. The van der Waals surface area contributed by atoms with Crippen LogP contribution in [0.4, 0.5) is 60.5 Å². The molecule has 0 radical (unpaired) electrons. The van der Waals surface area contributed by atoms with Crippen LogP contribution in [0.2, 0.25) is 0 Å². The maximum Gasteiger partial charge on any atom is 0.416 e. The topological polar surface area (TPSA) is 254 Å². The molecule has 0 bridgehead atoms. The lowest BCUT2D eigenvalue weighted by Gasteiger charge is -2.12. The molecule has 4 aromatic heterocycles. The Morgan fingerprint density at radius 3 is 1.46 bits per heavy atom. The molecule has 4 heterocycles. The molecule has 8 aromatic rings. The molecule has 0 spiro atoms. The minimum absolute atomic E-state index is 0.0658. The molecule has 0 saturated carbocycles. The van der Waals surface area contributed by atoms with E-state index < -0.39 is 47.2 Å². The van der Waals surface area contributed by atoms with Crippen LogP contribution in [-0.2, 0) is 12.4 Å². The highest BCUT2D eigenvalue weighted by Gasteiger charge is 2.32. The number of nitrogens with two attached hydrogens (primary N) is 3. The summed E-state index contributed by atoms with van der Waals surface area (Å²) in [6.07, 6.45) is -3.07. The summed E-state index contributed by atoms with van der Waals surface area (Å²) in [6, 6.07) is 18.0. The minimum Gasteiger partial charge on any atom is -0.477 e. The number of anilines is 6. The van der Waals surface area contributed by atoms with Crippen molar-refractivity contribution in [2.24, 2.45) is 0 Å². The predicted molar refractivity (Wildman–Crippen MR) is 244 cm³/mol. The molecule has 0 aliphatic heterocycles. The lowest BCUT2D eigenvalue weighted by atomic mass is 10.1. The second-order valence-corrected chi connectivity index (χ2v) is 16.0. The van der Waals surface area contributed by atoms with E-state index in [9.17, 15) is 45.5 Å². The Balaban J connectivity index is 0.000000185. The highest BCUT2D eigenvalue weighted by Crippen LogP contribution is 2.34. The number of nitrogens with one attached hydrogen (secondary N) is 3. The van der Waals surface area contributed by atoms with Crippen molar-refractivity contribution in [3.05, 3.63) is 153 Å². The summed E-state index contributed by atoms with van der Waals surface area (Å²) in [5.41, 5.74) is 19.8. The number of aromatic carboxylic acids is 1. The van der Waals surface area contributed by atoms with Crippen molar-refractivity contribution in [3.63, 3.8) is 0 Å². The molecule has 15 nitrogen and oxygen atoms in total. The third-order valence-corrected chi connectivity index (χ3v) is 11.5. The lowest BCUT2D eigenvalue weighted by molar-refractivity contribution is -0.138. The zero-order valence-corrected chi connectivity index (χ0v) is 36.2. The number of carbonyl (C=O) groups is 4. The quantitative estimate of drug-likeness (QED) is 0.0582. The molecule has 0 aliphatic rings. The number of alkyl halides is 6. The van der Waals surface area contributed by atoms with E-state index in [1.54, 1.807) is 37.3 Å². The molecule has 344 valence electrons. The third-order valence-electron chi connectivity index (χ3n) is 9.31. The number of aryl methyl sites for hydroxylation is 2. The van der Waals surface area contributed by atoms with Gasteiger partial charge >= 0.3 is 18.3 Å². The monoisotopic (exact) mass is 960 g/mol. The van der Waals surface area contributed by atoms with Gasteiger partial charge in [-0.25, -0.2) is 24.7 Å². The van der Waals surface area contributed by atoms with Gasteiger partial charge in [0.1, 0.15) is 30.4 Å². The molecule has 67 heavy (non-hydrogen) atoms. The van der Waals surface area contributed by atoms with E-state index in [1.165, 1.54) is 49.1 Å². The number of amides is 3. The summed E-state index contributed by atoms with van der Waals surface area (Å²) in [5.74, 6) is -2.85. The van der Waals surface area contributed by atoms with Crippen molar-refractivity contribution in [1.29, 1.82) is 0 Å². The molecular formula is C44H34F6N10O5S2. The van der Waals surface area contributed by atoms with Gasteiger partial charge in [-0.05, 0) is 85.6 Å². The maximum absolute atomic E-state index is 12.9. The predicted octanol–water partition coefficient (Wildman–Crippen LogP) is 9.93. The van der Waals surface area contributed by atoms with Gasteiger partial charge in [0.05, 0.1) is 22.5 Å².